The molecule has 0 radical (unpaired) electrons. The van der Waals surface area contributed by atoms with Crippen LogP contribution in [0, 0.1) is 0 Å². The van der Waals surface area contributed by atoms with Crippen molar-refractivity contribution in [3.05, 3.63) is 48.0 Å². The molecule has 4 rings (SSSR count). The molecule has 1 atom stereocenters. The van der Waals surface area contributed by atoms with E-state index in [1.807, 2.05) is 6.92 Å². The number of anilines is 2. The predicted octanol–water partition coefficient (Wildman–Crippen LogP) is 3.67. The third-order valence-corrected chi connectivity index (χ3v) is 5.73. The van der Waals surface area contributed by atoms with Crippen LogP contribution in [0.3, 0.4) is 0 Å². The lowest BCUT2D eigenvalue weighted by molar-refractivity contribution is 0.311. The minimum atomic E-state index is -0.349. The van der Waals surface area contributed by atoms with Crippen LogP contribution in [0.25, 0.3) is 21.5 Å². The molecule has 34 heavy (non-hydrogen) atoms. The number of fused-ring (bicyclic) bond motifs is 2. The molecule has 0 aliphatic carbocycles. The summed E-state index contributed by atoms with van der Waals surface area (Å²) in [6.07, 6.45) is 0.332. The topological polar surface area (TPSA) is 166 Å². The van der Waals surface area contributed by atoms with Crippen molar-refractivity contribution in [1.82, 2.24) is 0 Å². The van der Waals surface area contributed by atoms with Crippen LogP contribution in [0.5, 0.6) is 34.5 Å². The van der Waals surface area contributed by atoms with E-state index < -0.39 is 0 Å². The van der Waals surface area contributed by atoms with Crippen molar-refractivity contribution < 1.29 is 35.7 Å². The van der Waals surface area contributed by atoms with Gasteiger partial charge in [-0.2, -0.15) is 0 Å². The van der Waals surface area contributed by atoms with Gasteiger partial charge in [-0.3, -0.25) is 0 Å². The summed E-state index contributed by atoms with van der Waals surface area (Å²) < 4.78 is 0. The fourth-order valence-electron chi connectivity index (χ4n) is 4.24. The number of nitrogens with one attached hydrogen (secondary N) is 2. The van der Waals surface area contributed by atoms with Crippen molar-refractivity contribution in [2.45, 2.75) is 19.4 Å². The third kappa shape index (κ3) is 3.97. The Morgan fingerprint density at radius 1 is 0.706 bits per heavy atom. The molecule has 0 aliphatic heterocycles. The molecule has 0 saturated carbocycles. The molecule has 9 heteroatoms. The second-order valence-electron chi connectivity index (χ2n) is 8.17. The van der Waals surface area contributed by atoms with Gasteiger partial charge in [0.05, 0.1) is 28.2 Å². The molecule has 4 aromatic carbocycles. The maximum atomic E-state index is 11.2. The average molecular weight is 466 g/mol. The molecule has 1 unspecified atom stereocenters. The summed E-state index contributed by atoms with van der Waals surface area (Å²) >= 11 is 0. The van der Waals surface area contributed by atoms with Crippen LogP contribution >= 0.6 is 0 Å². The fourth-order valence-corrected chi connectivity index (χ4v) is 4.24. The quantitative estimate of drug-likeness (QED) is 0.146. The van der Waals surface area contributed by atoms with Gasteiger partial charge in [-0.15, -0.1) is 0 Å². The van der Waals surface area contributed by atoms with Gasteiger partial charge in [0, 0.05) is 24.0 Å². The fraction of sp³-hybridized carbons (Fsp3) is 0.200. The predicted molar refractivity (Wildman–Crippen MR) is 130 cm³/mol. The van der Waals surface area contributed by atoms with Crippen LogP contribution in [-0.4, -0.2) is 54.9 Å². The van der Waals surface area contributed by atoms with Crippen LogP contribution < -0.4 is 10.6 Å². The number of hydrogen-bond acceptors (Lipinski definition) is 9. The van der Waals surface area contributed by atoms with E-state index in [1.165, 1.54) is 30.3 Å². The van der Waals surface area contributed by atoms with E-state index >= 15 is 0 Å². The highest BCUT2D eigenvalue weighted by atomic mass is 16.3. The second-order valence-corrected chi connectivity index (χ2v) is 8.17. The Labute approximate surface area is 194 Å². The third-order valence-electron chi connectivity index (χ3n) is 5.73. The molecule has 0 fully saturated rings. The summed E-state index contributed by atoms with van der Waals surface area (Å²) in [5.41, 5.74) is 1.35. The number of aromatic hydroxyl groups is 6. The molecular weight excluding hydrogens is 440 g/mol. The van der Waals surface area contributed by atoms with Gasteiger partial charge in [0.15, 0.2) is 0 Å². The monoisotopic (exact) mass is 466 g/mol. The molecule has 0 spiro atoms. The largest absolute Gasteiger partial charge is 0.508 e. The van der Waals surface area contributed by atoms with Gasteiger partial charge in [0.1, 0.15) is 34.5 Å². The van der Waals surface area contributed by atoms with Crippen LogP contribution in [0.1, 0.15) is 12.5 Å². The Morgan fingerprint density at radius 3 is 1.88 bits per heavy atom. The Balaban J connectivity index is 1.89. The first-order valence-corrected chi connectivity index (χ1v) is 10.7. The molecule has 4 aromatic rings. The van der Waals surface area contributed by atoms with Crippen molar-refractivity contribution in [2.24, 2.45) is 0 Å². The van der Waals surface area contributed by atoms with Gasteiger partial charge in [-0.05, 0) is 61.4 Å². The normalized spacial score (nSPS) is 12.2. The van der Waals surface area contributed by atoms with Gasteiger partial charge in [0.25, 0.3) is 0 Å². The highest BCUT2D eigenvalue weighted by Gasteiger charge is 2.23. The van der Waals surface area contributed by atoms with Gasteiger partial charge in [-0.1, -0.05) is 0 Å². The SMILES string of the molecule is CC(Cc1cc(O)ccc1O)Nc1ccc(NCCO)c2c(O)c3c(O)ccc(O)c3c(O)c12. The Hall–Kier alpha value is -4.24. The zero-order valence-corrected chi connectivity index (χ0v) is 18.4. The van der Waals surface area contributed by atoms with Crippen molar-refractivity contribution in [2.75, 3.05) is 23.8 Å². The standard InChI is InChI=1S/C25H26N2O7/c1-12(10-13-11-14(29)2-5-17(13)30)27-16-4-3-15(26-8-9-28)20-21(16)25(34)23-19(32)7-6-18(31)22(23)24(20)33/h2-7,11-12,26-34H,8-10H2,1H3. The van der Waals surface area contributed by atoms with E-state index in [-0.39, 0.29) is 75.2 Å². The molecule has 0 heterocycles. The van der Waals surface area contributed by atoms with Crippen molar-refractivity contribution in [1.29, 1.82) is 0 Å². The van der Waals surface area contributed by atoms with E-state index in [2.05, 4.69) is 10.6 Å². The first kappa shape index (κ1) is 22.9. The lowest BCUT2D eigenvalue weighted by Crippen LogP contribution is -2.18. The van der Waals surface area contributed by atoms with Gasteiger partial charge < -0.3 is 46.4 Å². The van der Waals surface area contributed by atoms with Crippen LogP contribution in [0.2, 0.25) is 0 Å². The van der Waals surface area contributed by atoms with E-state index in [4.69, 9.17) is 0 Å². The highest BCUT2D eigenvalue weighted by molar-refractivity contribution is 6.21. The second kappa shape index (κ2) is 8.95. The van der Waals surface area contributed by atoms with Gasteiger partial charge in [0.2, 0.25) is 0 Å². The number of benzene rings is 4. The molecule has 0 amide bonds. The Morgan fingerprint density at radius 2 is 1.26 bits per heavy atom. The number of aliphatic hydroxyl groups excluding tert-OH is 1. The minimum absolute atomic E-state index is 0.0223. The summed E-state index contributed by atoms with van der Waals surface area (Å²) in [6, 6.07) is 9.73. The number of phenols is 6. The molecule has 0 bridgehead atoms. The number of hydrogen-bond donors (Lipinski definition) is 9. The molecular formula is C25H26N2O7. The van der Waals surface area contributed by atoms with Gasteiger partial charge in [-0.25, -0.2) is 0 Å². The average Bonchev–Trinajstić information content (AvgIpc) is 2.80. The van der Waals surface area contributed by atoms with Crippen molar-refractivity contribution >= 4 is 32.9 Å². The number of rotatable bonds is 7. The molecule has 0 aliphatic rings. The first-order chi connectivity index (χ1) is 16.2. The first-order valence-electron chi connectivity index (χ1n) is 10.7. The zero-order valence-electron chi connectivity index (χ0n) is 18.4. The molecule has 178 valence electrons. The summed E-state index contributed by atoms with van der Waals surface area (Å²) in [5, 5.41) is 78.5. The summed E-state index contributed by atoms with van der Waals surface area (Å²) in [7, 11) is 0. The smallest absolute Gasteiger partial charge is 0.137 e. The van der Waals surface area contributed by atoms with Crippen molar-refractivity contribution in [3.8, 4) is 34.5 Å². The number of phenolic OH excluding ortho intramolecular Hbond substituents is 6. The summed E-state index contributed by atoms with van der Waals surface area (Å²) in [5.74, 6) is -1.28. The summed E-state index contributed by atoms with van der Waals surface area (Å²) in [6.45, 7) is 1.85. The maximum Gasteiger partial charge on any atom is 0.137 e. The van der Waals surface area contributed by atoms with E-state index in [0.29, 0.717) is 23.4 Å². The lowest BCUT2D eigenvalue weighted by atomic mass is 9.96. The lowest BCUT2D eigenvalue weighted by Gasteiger charge is -2.22. The van der Waals surface area contributed by atoms with Crippen LogP contribution in [0.15, 0.2) is 42.5 Å². The van der Waals surface area contributed by atoms with E-state index in [0.717, 1.165) is 0 Å². The maximum absolute atomic E-state index is 11.2. The Bertz CT molecular complexity index is 1390. The van der Waals surface area contributed by atoms with Crippen LogP contribution in [0.4, 0.5) is 11.4 Å². The Kier molecular flexibility index (Phi) is 6.04. The molecule has 9 nitrogen and oxygen atoms in total. The molecule has 0 saturated heterocycles. The van der Waals surface area contributed by atoms with Crippen LogP contribution in [-0.2, 0) is 6.42 Å². The molecule has 9 N–H and O–H groups in total. The van der Waals surface area contributed by atoms with E-state index in [9.17, 15) is 35.7 Å². The van der Waals surface area contributed by atoms with Gasteiger partial charge >= 0.3 is 0 Å². The van der Waals surface area contributed by atoms with Crippen molar-refractivity contribution in [3.63, 3.8) is 0 Å². The van der Waals surface area contributed by atoms with E-state index in [1.54, 1.807) is 12.1 Å². The zero-order chi connectivity index (χ0) is 24.6. The minimum Gasteiger partial charge on any atom is -0.508 e. The number of aliphatic hydroxyl groups is 1. The highest BCUT2D eigenvalue weighted by Crippen LogP contribution is 2.52. The molecule has 0 aromatic heterocycles. The summed E-state index contributed by atoms with van der Waals surface area (Å²) in [4.78, 5) is 0.